The number of pyridine rings is 1. The molecule has 3 N–H and O–H groups in total. The van der Waals surface area contributed by atoms with Crippen molar-refractivity contribution in [3.8, 4) is 0 Å². The Balaban J connectivity index is 2.19. The normalized spacial score (nSPS) is 32.5. The second-order valence-electron chi connectivity index (χ2n) is 4.36. The molecular weight excluding hydrogens is 364 g/mol. The molecule has 1 saturated heterocycles. The number of nitrogens with zero attached hydrogens (tertiary/aromatic N) is 4. The molecule has 114 valence electrons. The standard InChI is InChI=1S/C11H13BrN4O4S/c12-5-1-6(3-14-2-5)21-11-10(19)8(15-16-13)9(18)7(4-17)20-11/h1-3,7-11,17-19H,4H2/t7?,8-,9-,10?,11+/m0/s1. The second-order valence-corrected chi connectivity index (χ2v) is 6.45. The maximum atomic E-state index is 10.2. The summed E-state index contributed by atoms with van der Waals surface area (Å²) >= 11 is 4.46. The predicted molar refractivity (Wildman–Crippen MR) is 78.5 cm³/mol. The van der Waals surface area contributed by atoms with Crippen LogP contribution in [0, 0.1) is 0 Å². The molecule has 0 aliphatic carbocycles. The minimum atomic E-state index is -1.27. The van der Waals surface area contributed by atoms with E-state index in [0.717, 1.165) is 9.37 Å². The molecule has 1 aromatic heterocycles. The Morgan fingerprint density at radius 1 is 1.43 bits per heavy atom. The van der Waals surface area contributed by atoms with Crippen molar-refractivity contribution in [1.29, 1.82) is 0 Å². The first-order valence-electron chi connectivity index (χ1n) is 6.00. The third-order valence-electron chi connectivity index (χ3n) is 2.97. The van der Waals surface area contributed by atoms with Crippen LogP contribution < -0.4 is 0 Å². The van der Waals surface area contributed by atoms with E-state index in [4.69, 9.17) is 10.3 Å². The van der Waals surface area contributed by atoms with Crippen LogP contribution in [-0.4, -0.2) is 56.7 Å². The van der Waals surface area contributed by atoms with Crippen molar-refractivity contribution in [3.63, 3.8) is 0 Å². The second kappa shape index (κ2) is 7.41. The number of rotatable bonds is 4. The highest BCUT2D eigenvalue weighted by Crippen LogP contribution is 2.34. The Bertz CT molecular complexity index is 545. The summed E-state index contributed by atoms with van der Waals surface area (Å²) in [5.41, 5.74) is 7.74. The van der Waals surface area contributed by atoms with Gasteiger partial charge >= 0.3 is 0 Å². The Kier molecular flexibility index (Phi) is 5.82. The van der Waals surface area contributed by atoms with E-state index in [0.29, 0.717) is 0 Å². The van der Waals surface area contributed by atoms with Crippen molar-refractivity contribution in [1.82, 2.24) is 4.98 Å². The van der Waals surface area contributed by atoms with Crippen LogP contribution in [0.2, 0.25) is 0 Å². The molecule has 5 atom stereocenters. The zero-order valence-electron chi connectivity index (χ0n) is 10.7. The monoisotopic (exact) mass is 376 g/mol. The SMILES string of the molecule is [N-]=[N+]=N[C@@H]1C(O)[C@@H](Sc2cncc(Br)c2)OC(CO)[C@@H]1O. The van der Waals surface area contributed by atoms with Gasteiger partial charge in [-0.15, -0.1) is 0 Å². The van der Waals surface area contributed by atoms with E-state index >= 15 is 0 Å². The van der Waals surface area contributed by atoms with Gasteiger partial charge in [-0.3, -0.25) is 4.98 Å². The number of hydrogen-bond donors (Lipinski definition) is 3. The van der Waals surface area contributed by atoms with Gasteiger partial charge in [-0.05, 0) is 27.5 Å². The number of thioether (sulfide) groups is 1. The van der Waals surface area contributed by atoms with E-state index in [1.807, 2.05) is 0 Å². The Morgan fingerprint density at radius 3 is 2.81 bits per heavy atom. The lowest BCUT2D eigenvalue weighted by Gasteiger charge is -2.40. The summed E-state index contributed by atoms with van der Waals surface area (Å²) in [4.78, 5) is 7.35. The minimum Gasteiger partial charge on any atom is -0.394 e. The van der Waals surface area contributed by atoms with Crippen LogP contribution in [0.5, 0.6) is 0 Å². The Hall–Kier alpha value is -0.870. The molecule has 2 unspecified atom stereocenters. The number of aliphatic hydroxyl groups is 3. The van der Waals surface area contributed by atoms with E-state index in [1.165, 1.54) is 11.8 Å². The van der Waals surface area contributed by atoms with E-state index < -0.39 is 36.4 Å². The lowest BCUT2D eigenvalue weighted by molar-refractivity contribution is -0.159. The molecule has 21 heavy (non-hydrogen) atoms. The molecule has 0 spiro atoms. The quantitative estimate of drug-likeness (QED) is 0.408. The largest absolute Gasteiger partial charge is 0.394 e. The van der Waals surface area contributed by atoms with Crippen molar-refractivity contribution < 1.29 is 20.1 Å². The molecule has 2 heterocycles. The third-order valence-corrected chi connectivity index (χ3v) is 4.52. The van der Waals surface area contributed by atoms with Gasteiger partial charge in [0.1, 0.15) is 17.6 Å². The molecule has 1 aliphatic heterocycles. The topological polar surface area (TPSA) is 132 Å². The molecule has 8 nitrogen and oxygen atoms in total. The van der Waals surface area contributed by atoms with Gasteiger partial charge in [-0.1, -0.05) is 16.9 Å². The molecule has 0 saturated carbocycles. The first-order valence-corrected chi connectivity index (χ1v) is 7.68. The van der Waals surface area contributed by atoms with Crippen molar-refractivity contribution in [2.45, 2.75) is 34.7 Å². The summed E-state index contributed by atoms with van der Waals surface area (Å²) in [6, 6.07) is 0.702. The smallest absolute Gasteiger partial charge is 0.134 e. The Labute approximate surface area is 132 Å². The highest BCUT2D eigenvalue weighted by molar-refractivity contribution is 9.10. The van der Waals surface area contributed by atoms with Crippen LogP contribution in [0.4, 0.5) is 0 Å². The van der Waals surface area contributed by atoms with Gasteiger partial charge in [0.2, 0.25) is 0 Å². The van der Waals surface area contributed by atoms with E-state index in [9.17, 15) is 15.3 Å². The van der Waals surface area contributed by atoms with Gasteiger partial charge in [0.15, 0.2) is 0 Å². The maximum Gasteiger partial charge on any atom is 0.134 e. The number of halogens is 1. The molecule has 2 rings (SSSR count). The average Bonchev–Trinajstić information content (AvgIpc) is 2.46. The maximum absolute atomic E-state index is 10.2. The van der Waals surface area contributed by atoms with Crippen molar-refractivity contribution in [2.75, 3.05) is 6.61 Å². The molecule has 10 heteroatoms. The third kappa shape index (κ3) is 3.86. The van der Waals surface area contributed by atoms with Crippen LogP contribution in [0.25, 0.3) is 10.4 Å². The highest BCUT2D eigenvalue weighted by Gasteiger charge is 2.44. The molecule has 1 fully saturated rings. The number of aromatic nitrogens is 1. The molecule has 0 radical (unpaired) electrons. The molecule has 1 aliphatic rings. The number of hydrogen-bond acceptors (Lipinski definition) is 7. The molecule has 0 aromatic carbocycles. The number of azide groups is 1. The van der Waals surface area contributed by atoms with Crippen molar-refractivity contribution in [2.24, 2.45) is 5.11 Å². The summed E-state index contributed by atoms with van der Waals surface area (Å²) in [6.45, 7) is -0.445. The fourth-order valence-corrected chi connectivity index (χ4v) is 3.55. The summed E-state index contributed by atoms with van der Waals surface area (Å²) in [6.07, 6.45) is -0.194. The van der Waals surface area contributed by atoms with Crippen LogP contribution in [0.15, 0.2) is 32.9 Å². The summed E-state index contributed by atoms with van der Waals surface area (Å²) in [7, 11) is 0. The Morgan fingerprint density at radius 2 is 2.19 bits per heavy atom. The summed E-state index contributed by atoms with van der Waals surface area (Å²) in [5.74, 6) is 0. The number of aliphatic hydroxyl groups excluding tert-OH is 3. The van der Waals surface area contributed by atoms with Gasteiger partial charge in [0, 0.05) is 26.7 Å². The average molecular weight is 377 g/mol. The lowest BCUT2D eigenvalue weighted by atomic mass is 9.98. The van der Waals surface area contributed by atoms with E-state index in [2.05, 4.69) is 30.9 Å². The minimum absolute atomic E-state index is 0.445. The van der Waals surface area contributed by atoms with Gasteiger partial charge in [0.25, 0.3) is 0 Å². The van der Waals surface area contributed by atoms with E-state index in [1.54, 1.807) is 18.5 Å². The first-order chi connectivity index (χ1) is 10.1. The van der Waals surface area contributed by atoms with Crippen LogP contribution >= 0.6 is 27.7 Å². The molecule has 0 amide bonds. The summed E-state index contributed by atoms with van der Waals surface area (Å²) in [5, 5.41) is 32.7. The molecule has 1 aromatic rings. The van der Waals surface area contributed by atoms with Crippen molar-refractivity contribution >= 4 is 27.7 Å². The van der Waals surface area contributed by atoms with Crippen molar-refractivity contribution in [3.05, 3.63) is 33.4 Å². The van der Waals surface area contributed by atoms with Gasteiger partial charge < -0.3 is 20.1 Å². The number of ether oxygens (including phenoxy) is 1. The fraction of sp³-hybridized carbons (Fsp3) is 0.545. The predicted octanol–water partition coefficient (Wildman–Crippen LogP) is 1.05. The van der Waals surface area contributed by atoms with E-state index in [-0.39, 0.29) is 0 Å². The molecular formula is C11H13BrN4O4S. The van der Waals surface area contributed by atoms with Crippen LogP contribution in [0.1, 0.15) is 0 Å². The summed E-state index contributed by atoms with van der Waals surface area (Å²) < 4.78 is 6.23. The van der Waals surface area contributed by atoms with Gasteiger partial charge in [-0.2, -0.15) is 0 Å². The van der Waals surface area contributed by atoms with Gasteiger partial charge in [0.05, 0.1) is 18.8 Å². The van der Waals surface area contributed by atoms with Crippen LogP contribution in [-0.2, 0) is 4.74 Å². The first kappa shape index (κ1) is 16.5. The zero-order chi connectivity index (χ0) is 15.4. The fourth-order valence-electron chi connectivity index (χ4n) is 1.95. The molecule has 0 bridgehead atoms. The van der Waals surface area contributed by atoms with Gasteiger partial charge in [-0.25, -0.2) is 0 Å². The van der Waals surface area contributed by atoms with Crippen LogP contribution in [0.3, 0.4) is 0 Å². The zero-order valence-corrected chi connectivity index (χ0v) is 13.1. The highest BCUT2D eigenvalue weighted by atomic mass is 79.9. The lowest BCUT2D eigenvalue weighted by Crippen LogP contribution is -2.56.